The van der Waals surface area contributed by atoms with Crippen molar-refractivity contribution in [1.82, 2.24) is 4.90 Å². The highest BCUT2D eigenvalue weighted by molar-refractivity contribution is 5.92. The topological polar surface area (TPSA) is 135 Å². The van der Waals surface area contributed by atoms with Gasteiger partial charge >= 0.3 is 5.97 Å². The van der Waals surface area contributed by atoms with Gasteiger partial charge in [-0.3, -0.25) is 15.0 Å². The molecule has 1 unspecified atom stereocenters. The van der Waals surface area contributed by atoms with Crippen LogP contribution in [0.25, 0.3) is 0 Å². The number of nitrogens with zero attached hydrogens (tertiary/aromatic N) is 4. The molecule has 0 spiro atoms. The smallest absolute Gasteiger partial charge is 0.338 e. The minimum atomic E-state index is -0.937. The van der Waals surface area contributed by atoms with E-state index >= 15 is 0 Å². The lowest BCUT2D eigenvalue weighted by atomic mass is 9.82. The number of esters is 1. The van der Waals surface area contributed by atoms with Crippen LogP contribution in [0.2, 0.25) is 0 Å². The third-order valence-corrected chi connectivity index (χ3v) is 6.59. The third kappa shape index (κ3) is 5.42. The van der Waals surface area contributed by atoms with Crippen LogP contribution in [0.1, 0.15) is 30.9 Å². The van der Waals surface area contributed by atoms with Gasteiger partial charge in [0.15, 0.2) is 0 Å². The van der Waals surface area contributed by atoms with Gasteiger partial charge < -0.3 is 20.1 Å². The van der Waals surface area contributed by atoms with E-state index < -0.39 is 16.8 Å². The second-order valence-electron chi connectivity index (χ2n) is 8.87. The molecule has 2 heterocycles. The first-order valence-electron chi connectivity index (χ1n) is 12.1. The highest BCUT2D eigenvalue weighted by Gasteiger charge is 2.37. The summed E-state index contributed by atoms with van der Waals surface area (Å²) in [5, 5.41) is 21.9. The maximum atomic E-state index is 12.8. The van der Waals surface area contributed by atoms with E-state index in [1.54, 1.807) is 26.0 Å². The van der Waals surface area contributed by atoms with E-state index in [1.807, 2.05) is 29.2 Å². The van der Waals surface area contributed by atoms with Crippen LogP contribution in [-0.4, -0.2) is 48.6 Å². The standard InChI is InChI=1S/C27H29N5O5/c1-3-36-27(33)24-18(2)37-26(29)21(16-28)25(24)20-9-10-22(23(15-20)32(34)35)31-13-11-30(12-14-31)17-19-7-5-4-6-8-19/h4-10,15,25H,3,11-14,17,29H2,1-2H3. The molecule has 1 fully saturated rings. The Labute approximate surface area is 215 Å². The van der Waals surface area contributed by atoms with Gasteiger partial charge in [-0.1, -0.05) is 36.4 Å². The first-order chi connectivity index (χ1) is 17.8. The second kappa shape index (κ2) is 11.1. The normalized spacial score (nSPS) is 18.3. The number of ether oxygens (including phenoxy) is 2. The molecule has 0 aromatic heterocycles. The van der Waals surface area contributed by atoms with Gasteiger partial charge in [0, 0.05) is 38.8 Å². The molecular formula is C27H29N5O5. The van der Waals surface area contributed by atoms with E-state index in [0.29, 0.717) is 24.3 Å². The zero-order chi connectivity index (χ0) is 26.5. The molecule has 0 saturated carbocycles. The number of anilines is 1. The van der Waals surface area contributed by atoms with E-state index in [2.05, 4.69) is 17.0 Å². The molecule has 2 aliphatic rings. The minimum Gasteiger partial charge on any atom is -0.463 e. The van der Waals surface area contributed by atoms with E-state index in [1.165, 1.54) is 11.6 Å². The summed E-state index contributed by atoms with van der Waals surface area (Å²) in [4.78, 5) is 28.8. The summed E-state index contributed by atoms with van der Waals surface area (Å²) in [6.07, 6.45) is 0. The molecule has 2 aliphatic heterocycles. The number of piperazine rings is 1. The molecule has 37 heavy (non-hydrogen) atoms. The van der Waals surface area contributed by atoms with Crippen molar-refractivity contribution >= 4 is 17.3 Å². The Morgan fingerprint density at radius 1 is 1.22 bits per heavy atom. The lowest BCUT2D eigenvalue weighted by molar-refractivity contribution is -0.384. The largest absolute Gasteiger partial charge is 0.463 e. The fraction of sp³-hybridized carbons (Fsp3) is 0.333. The van der Waals surface area contributed by atoms with Crippen molar-refractivity contribution in [2.24, 2.45) is 5.73 Å². The fourth-order valence-corrected chi connectivity index (χ4v) is 4.81. The van der Waals surface area contributed by atoms with Crippen LogP contribution in [0.3, 0.4) is 0 Å². The van der Waals surface area contributed by atoms with Crippen molar-refractivity contribution in [3.8, 4) is 6.07 Å². The lowest BCUT2D eigenvalue weighted by Crippen LogP contribution is -2.46. The maximum Gasteiger partial charge on any atom is 0.338 e. The van der Waals surface area contributed by atoms with Crippen LogP contribution >= 0.6 is 0 Å². The Hall–Kier alpha value is -4.36. The number of nitriles is 1. The first-order valence-corrected chi connectivity index (χ1v) is 12.1. The number of rotatable bonds is 7. The monoisotopic (exact) mass is 503 g/mol. The average molecular weight is 504 g/mol. The summed E-state index contributed by atoms with van der Waals surface area (Å²) < 4.78 is 10.6. The van der Waals surface area contributed by atoms with Crippen molar-refractivity contribution in [3.05, 3.63) is 92.6 Å². The summed E-state index contributed by atoms with van der Waals surface area (Å²) in [7, 11) is 0. The third-order valence-electron chi connectivity index (χ3n) is 6.59. The van der Waals surface area contributed by atoms with Gasteiger partial charge in [0.1, 0.15) is 23.1 Å². The Morgan fingerprint density at radius 3 is 2.54 bits per heavy atom. The van der Waals surface area contributed by atoms with Gasteiger partial charge in [0.05, 0.1) is 23.0 Å². The zero-order valence-corrected chi connectivity index (χ0v) is 20.8. The number of carbonyl (C=O) groups excluding carboxylic acids is 1. The maximum absolute atomic E-state index is 12.8. The average Bonchev–Trinajstić information content (AvgIpc) is 2.89. The number of nitro groups is 1. The second-order valence-corrected chi connectivity index (χ2v) is 8.87. The van der Waals surface area contributed by atoms with Crippen molar-refractivity contribution in [1.29, 1.82) is 5.26 Å². The van der Waals surface area contributed by atoms with Gasteiger partial charge in [-0.2, -0.15) is 5.26 Å². The van der Waals surface area contributed by atoms with Crippen LogP contribution in [0.4, 0.5) is 11.4 Å². The van der Waals surface area contributed by atoms with Crippen LogP contribution in [0, 0.1) is 21.4 Å². The zero-order valence-electron chi connectivity index (χ0n) is 20.8. The molecule has 2 aromatic rings. The van der Waals surface area contributed by atoms with Crippen molar-refractivity contribution in [2.75, 3.05) is 37.7 Å². The lowest BCUT2D eigenvalue weighted by Gasteiger charge is -2.36. The van der Waals surface area contributed by atoms with Crippen LogP contribution in [0.15, 0.2) is 71.3 Å². The highest BCUT2D eigenvalue weighted by Crippen LogP contribution is 2.42. The Bertz CT molecular complexity index is 1290. The van der Waals surface area contributed by atoms with Gasteiger partial charge in [0.2, 0.25) is 5.88 Å². The molecule has 192 valence electrons. The van der Waals surface area contributed by atoms with Crippen molar-refractivity contribution < 1.29 is 19.2 Å². The number of nitro benzene ring substituents is 1. The number of benzene rings is 2. The van der Waals surface area contributed by atoms with Gasteiger partial charge in [-0.15, -0.1) is 0 Å². The Kier molecular flexibility index (Phi) is 7.74. The Morgan fingerprint density at radius 2 is 1.92 bits per heavy atom. The summed E-state index contributed by atoms with van der Waals surface area (Å²) >= 11 is 0. The molecule has 0 bridgehead atoms. The van der Waals surface area contributed by atoms with Crippen molar-refractivity contribution in [3.63, 3.8) is 0 Å². The molecular weight excluding hydrogens is 474 g/mol. The summed E-state index contributed by atoms with van der Waals surface area (Å²) in [5.41, 5.74) is 8.08. The molecule has 0 amide bonds. The molecule has 1 atom stereocenters. The number of hydrogen-bond acceptors (Lipinski definition) is 9. The fourth-order valence-electron chi connectivity index (χ4n) is 4.81. The van der Waals surface area contributed by atoms with Gasteiger partial charge in [-0.25, -0.2) is 4.79 Å². The van der Waals surface area contributed by atoms with Gasteiger partial charge in [0.25, 0.3) is 5.69 Å². The SMILES string of the molecule is CCOC(=O)C1=C(C)OC(N)=C(C#N)C1c1ccc(N2CCN(Cc3ccccc3)CC2)c([N+](=O)[O-])c1. The molecule has 1 saturated heterocycles. The number of nitrogens with two attached hydrogens (primary N) is 1. The number of carbonyl (C=O) groups is 1. The molecule has 0 aliphatic carbocycles. The first kappa shape index (κ1) is 25.7. The quantitative estimate of drug-likeness (QED) is 0.342. The van der Waals surface area contributed by atoms with Crippen LogP contribution in [-0.2, 0) is 20.8 Å². The van der Waals surface area contributed by atoms with Crippen LogP contribution < -0.4 is 10.6 Å². The molecule has 10 nitrogen and oxygen atoms in total. The number of allylic oxidation sites excluding steroid dienone is 2. The van der Waals surface area contributed by atoms with Gasteiger partial charge in [-0.05, 0) is 31.0 Å². The highest BCUT2D eigenvalue weighted by atomic mass is 16.6. The molecule has 4 rings (SSSR count). The van der Waals surface area contributed by atoms with E-state index in [0.717, 1.165) is 19.6 Å². The molecule has 2 N–H and O–H groups in total. The predicted octanol–water partition coefficient (Wildman–Crippen LogP) is 3.56. The predicted molar refractivity (Wildman–Crippen MR) is 137 cm³/mol. The summed E-state index contributed by atoms with van der Waals surface area (Å²) in [6, 6.07) is 17.0. The molecule has 10 heteroatoms. The van der Waals surface area contributed by atoms with E-state index in [-0.39, 0.29) is 35.1 Å². The van der Waals surface area contributed by atoms with Crippen LogP contribution in [0.5, 0.6) is 0 Å². The van der Waals surface area contributed by atoms with Crippen molar-refractivity contribution in [2.45, 2.75) is 26.3 Å². The van der Waals surface area contributed by atoms with E-state index in [4.69, 9.17) is 15.2 Å². The summed E-state index contributed by atoms with van der Waals surface area (Å²) in [6.45, 7) is 6.97. The molecule has 2 aromatic carbocycles. The number of hydrogen-bond donors (Lipinski definition) is 1. The van der Waals surface area contributed by atoms with E-state index in [9.17, 15) is 20.2 Å². The molecule has 0 radical (unpaired) electrons. The minimum absolute atomic E-state index is 0.00484. The Balaban J connectivity index is 1.62. The summed E-state index contributed by atoms with van der Waals surface area (Å²) in [5.74, 6) is -1.54.